The summed E-state index contributed by atoms with van der Waals surface area (Å²) in [6, 6.07) is 21.8. The molecule has 0 aliphatic rings. The molecule has 0 bridgehead atoms. The number of halogens is 3. The minimum absolute atomic E-state index is 0.00853. The molecule has 3 rings (SSSR count). The molecule has 1 unspecified atom stereocenters. The summed E-state index contributed by atoms with van der Waals surface area (Å²) < 4.78 is 51.0. The Balaban J connectivity index is 1.67. The summed E-state index contributed by atoms with van der Waals surface area (Å²) in [5.74, 6) is -0.0377. The van der Waals surface area contributed by atoms with E-state index in [-0.39, 0.29) is 18.1 Å². The molecule has 0 N–H and O–H groups in total. The first-order valence-corrected chi connectivity index (χ1v) is 10.6. The molecule has 0 amide bonds. The van der Waals surface area contributed by atoms with Crippen LogP contribution in [0.1, 0.15) is 30.5 Å². The van der Waals surface area contributed by atoms with Crippen molar-refractivity contribution >= 4 is 12.0 Å². The molecule has 0 heterocycles. The Labute approximate surface area is 191 Å². The molecule has 3 nitrogen and oxygen atoms in total. The molecule has 33 heavy (non-hydrogen) atoms. The van der Waals surface area contributed by atoms with Gasteiger partial charge in [-0.25, -0.2) is 0 Å². The second-order valence-electron chi connectivity index (χ2n) is 7.88. The lowest BCUT2D eigenvalue weighted by atomic mass is 9.94. The zero-order chi connectivity index (χ0) is 23.8. The molecule has 0 fully saturated rings. The van der Waals surface area contributed by atoms with E-state index in [2.05, 4.69) is 0 Å². The Bertz CT molecular complexity index is 1090. The van der Waals surface area contributed by atoms with Crippen molar-refractivity contribution < 1.29 is 27.4 Å². The third kappa shape index (κ3) is 6.97. The molecular formula is C27H25F3O3. The van der Waals surface area contributed by atoms with Crippen molar-refractivity contribution in [3.63, 3.8) is 0 Å². The van der Waals surface area contributed by atoms with Crippen LogP contribution in [0, 0.1) is 11.8 Å². The molecule has 172 valence electrons. The highest BCUT2D eigenvalue weighted by Gasteiger charge is 2.32. The molecule has 1 atom stereocenters. The summed E-state index contributed by atoms with van der Waals surface area (Å²) in [5, 5.41) is 0. The average Bonchev–Trinajstić information content (AvgIpc) is 2.78. The fraction of sp³-hybridized carbons (Fsp3) is 0.222. The summed E-state index contributed by atoms with van der Waals surface area (Å²) in [7, 11) is 0. The van der Waals surface area contributed by atoms with E-state index in [4.69, 9.17) is 9.47 Å². The van der Waals surface area contributed by atoms with E-state index in [9.17, 15) is 18.0 Å². The predicted molar refractivity (Wildman–Crippen MR) is 122 cm³/mol. The van der Waals surface area contributed by atoms with E-state index in [0.717, 1.165) is 11.6 Å². The van der Waals surface area contributed by atoms with Crippen LogP contribution in [-0.4, -0.2) is 5.97 Å². The first kappa shape index (κ1) is 24.1. The van der Waals surface area contributed by atoms with Gasteiger partial charge in [-0.15, -0.1) is 0 Å². The maximum atomic E-state index is 13.2. The fourth-order valence-corrected chi connectivity index (χ4v) is 3.25. The molecule has 0 saturated carbocycles. The van der Waals surface area contributed by atoms with Gasteiger partial charge in [0.25, 0.3) is 0 Å². The number of rotatable bonds is 8. The molecule has 3 aromatic carbocycles. The number of carbonyl (C=O) groups excluding carboxylic acids is 1. The van der Waals surface area contributed by atoms with Gasteiger partial charge in [-0.05, 0) is 47.4 Å². The van der Waals surface area contributed by atoms with Gasteiger partial charge in [0.05, 0.1) is 11.5 Å². The molecule has 0 aromatic heterocycles. The monoisotopic (exact) mass is 454 g/mol. The van der Waals surface area contributed by atoms with Gasteiger partial charge in [0, 0.05) is 0 Å². The summed E-state index contributed by atoms with van der Waals surface area (Å²) in [6.07, 6.45) is -1.66. The Morgan fingerprint density at radius 1 is 0.909 bits per heavy atom. The van der Waals surface area contributed by atoms with Crippen LogP contribution >= 0.6 is 0 Å². The van der Waals surface area contributed by atoms with Crippen LogP contribution in [0.25, 0.3) is 6.08 Å². The molecule has 6 heteroatoms. The number of hydrogen-bond donors (Lipinski definition) is 0. The van der Waals surface area contributed by atoms with Gasteiger partial charge in [0.2, 0.25) is 0 Å². The van der Waals surface area contributed by atoms with Gasteiger partial charge in [-0.3, -0.25) is 4.79 Å². The number of esters is 1. The Kier molecular flexibility index (Phi) is 7.93. The first-order valence-electron chi connectivity index (χ1n) is 10.6. The molecule has 0 spiro atoms. The second kappa shape index (κ2) is 10.9. The Hall–Kier alpha value is -3.54. The minimum Gasteiger partial charge on any atom is -0.460 e. The zero-order valence-electron chi connectivity index (χ0n) is 18.4. The van der Waals surface area contributed by atoms with Crippen molar-refractivity contribution in [3.8, 4) is 11.5 Å². The second-order valence-corrected chi connectivity index (χ2v) is 7.88. The van der Waals surface area contributed by atoms with Gasteiger partial charge in [-0.1, -0.05) is 74.5 Å². The lowest BCUT2D eigenvalue weighted by Gasteiger charge is -2.17. The molecule has 0 aliphatic carbocycles. The zero-order valence-corrected chi connectivity index (χ0v) is 18.4. The van der Waals surface area contributed by atoms with Crippen LogP contribution in [0.15, 0.2) is 84.9 Å². The fourth-order valence-electron chi connectivity index (χ4n) is 3.25. The van der Waals surface area contributed by atoms with Crippen molar-refractivity contribution in [2.75, 3.05) is 0 Å². The number of benzene rings is 3. The van der Waals surface area contributed by atoms with Crippen LogP contribution in [-0.2, 0) is 22.3 Å². The third-order valence-corrected chi connectivity index (χ3v) is 5.00. The Morgan fingerprint density at radius 2 is 1.58 bits per heavy atom. The molecule has 0 radical (unpaired) electrons. The van der Waals surface area contributed by atoms with Gasteiger partial charge in [0.1, 0.15) is 18.1 Å². The van der Waals surface area contributed by atoms with E-state index in [0.29, 0.717) is 11.5 Å². The van der Waals surface area contributed by atoms with Gasteiger partial charge >= 0.3 is 12.1 Å². The smallest absolute Gasteiger partial charge is 0.416 e. The van der Waals surface area contributed by atoms with E-state index >= 15 is 0 Å². The topological polar surface area (TPSA) is 35.5 Å². The van der Waals surface area contributed by atoms with E-state index in [1.807, 2.05) is 50.2 Å². The van der Waals surface area contributed by atoms with Crippen LogP contribution in [0.3, 0.4) is 0 Å². The lowest BCUT2D eigenvalue weighted by Crippen LogP contribution is -2.21. The van der Waals surface area contributed by atoms with E-state index < -0.39 is 23.6 Å². The van der Waals surface area contributed by atoms with E-state index in [1.54, 1.807) is 18.2 Å². The summed E-state index contributed by atoms with van der Waals surface area (Å²) in [5.41, 5.74) is 0.00671. The summed E-state index contributed by atoms with van der Waals surface area (Å²) in [6.45, 7) is 3.67. The average molecular weight is 454 g/mol. The third-order valence-electron chi connectivity index (χ3n) is 5.00. The SMILES string of the molecule is CC(C)C(/C=C/c1ccccc1C(F)(F)F)C(=O)OCc1cccc(Oc2ccccc2)c1. The van der Waals surface area contributed by atoms with Crippen LogP contribution < -0.4 is 4.74 Å². The van der Waals surface area contributed by atoms with Crippen LogP contribution in [0.2, 0.25) is 0 Å². The van der Waals surface area contributed by atoms with Crippen molar-refractivity contribution in [2.45, 2.75) is 26.6 Å². The minimum atomic E-state index is -4.47. The van der Waals surface area contributed by atoms with Crippen molar-refractivity contribution in [1.29, 1.82) is 0 Å². The number of para-hydroxylation sites is 1. The number of alkyl halides is 3. The maximum Gasteiger partial charge on any atom is 0.416 e. The number of ether oxygens (including phenoxy) is 2. The lowest BCUT2D eigenvalue weighted by molar-refractivity contribution is -0.149. The van der Waals surface area contributed by atoms with Gasteiger partial charge in [0.15, 0.2) is 0 Å². The van der Waals surface area contributed by atoms with Crippen LogP contribution in [0.4, 0.5) is 13.2 Å². The molecule has 3 aromatic rings. The largest absolute Gasteiger partial charge is 0.460 e. The normalized spacial score (nSPS) is 12.7. The quantitative estimate of drug-likeness (QED) is 0.330. The van der Waals surface area contributed by atoms with Gasteiger partial charge in [-0.2, -0.15) is 13.2 Å². The highest BCUT2D eigenvalue weighted by molar-refractivity contribution is 5.76. The molecular weight excluding hydrogens is 429 g/mol. The highest BCUT2D eigenvalue weighted by Crippen LogP contribution is 2.33. The van der Waals surface area contributed by atoms with Crippen LogP contribution in [0.5, 0.6) is 11.5 Å². The van der Waals surface area contributed by atoms with E-state index in [1.165, 1.54) is 30.4 Å². The van der Waals surface area contributed by atoms with Crippen molar-refractivity contribution in [3.05, 3.63) is 102 Å². The first-order chi connectivity index (χ1) is 15.7. The molecule has 0 saturated heterocycles. The number of hydrogen-bond acceptors (Lipinski definition) is 3. The van der Waals surface area contributed by atoms with Crippen molar-refractivity contribution in [1.82, 2.24) is 0 Å². The summed E-state index contributed by atoms with van der Waals surface area (Å²) >= 11 is 0. The highest BCUT2D eigenvalue weighted by atomic mass is 19.4. The Morgan fingerprint density at radius 3 is 2.27 bits per heavy atom. The number of carbonyl (C=O) groups is 1. The van der Waals surface area contributed by atoms with Gasteiger partial charge < -0.3 is 9.47 Å². The summed E-state index contributed by atoms with van der Waals surface area (Å²) in [4.78, 5) is 12.7. The predicted octanol–water partition coefficient (Wildman–Crippen LogP) is 7.53. The maximum absolute atomic E-state index is 13.2. The van der Waals surface area contributed by atoms with Crippen molar-refractivity contribution in [2.24, 2.45) is 11.8 Å². The standard InChI is InChI=1S/C27H25F3O3/c1-19(2)24(16-15-21-10-6-7-14-25(21)27(28,29)30)26(31)32-18-20-9-8-13-23(17-20)33-22-11-4-3-5-12-22/h3-17,19,24H,18H2,1-2H3/b16-15+. The molecule has 0 aliphatic heterocycles.